The van der Waals surface area contributed by atoms with Crippen molar-refractivity contribution in [1.82, 2.24) is 0 Å². The molecule has 1 atom stereocenters. The van der Waals surface area contributed by atoms with Gasteiger partial charge in [0.05, 0.1) is 0 Å². The molecule has 0 saturated carbocycles. The van der Waals surface area contributed by atoms with E-state index in [9.17, 15) is 0 Å². The van der Waals surface area contributed by atoms with Crippen molar-refractivity contribution in [2.45, 2.75) is 51.4 Å². The van der Waals surface area contributed by atoms with Gasteiger partial charge in [0.2, 0.25) is 0 Å². The summed E-state index contributed by atoms with van der Waals surface area (Å²) >= 11 is 0. The lowest BCUT2D eigenvalue weighted by Gasteiger charge is -2.38. The molecule has 2 aromatic carbocycles. The van der Waals surface area contributed by atoms with E-state index < -0.39 is 0 Å². The van der Waals surface area contributed by atoms with E-state index in [-0.39, 0.29) is 10.8 Å². The van der Waals surface area contributed by atoms with Crippen LogP contribution in [0.3, 0.4) is 0 Å². The fourth-order valence-corrected chi connectivity index (χ4v) is 3.24. The molecule has 0 amide bonds. The first-order chi connectivity index (χ1) is 9.48. The fourth-order valence-electron chi connectivity index (χ4n) is 3.24. The second-order valence-electron chi connectivity index (χ2n) is 6.71. The average molecular weight is 266 g/mol. The van der Waals surface area contributed by atoms with Crippen molar-refractivity contribution < 1.29 is 0 Å². The van der Waals surface area contributed by atoms with Crippen LogP contribution in [-0.2, 0) is 10.8 Å². The zero-order valence-electron chi connectivity index (χ0n) is 13.2. The van der Waals surface area contributed by atoms with Crippen LogP contribution in [0, 0.1) is 0 Å². The standard InChI is InChI=1S/C20H26/c1-5-20(4,18-14-10-7-11-15-18)16-19(2,3)17-12-8-6-9-13-17/h6-15H,5,16H2,1-4H3. The zero-order chi connectivity index (χ0) is 14.6. The largest absolute Gasteiger partial charge is 0.0645 e. The molecule has 0 heteroatoms. The van der Waals surface area contributed by atoms with Gasteiger partial charge < -0.3 is 0 Å². The molecule has 0 N–H and O–H groups in total. The molecule has 0 spiro atoms. The summed E-state index contributed by atoms with van der Waals surface area (Å²) in [7, 11) is 0. The van der Waals surface area contributed by atoms with Crippen LogP contribution in [0.25, 0.3) is 0 Å². The van der Waals surface area contributed by atoms with Crippen molar-refractivity contribution in [3.8, 4) is 0 Å². The van der Waals surface area contributed by atoms with Gasteiger partial charge in [-0.15, -0.1) is 0 Å². The minimum absolute atomic E-state index is 0.182. The van der Waals surface area contributed by atoms with Crippen molar-refractivity contribution in [3.05, 3.63) is 71.8 Å². The summed E-state index contributed by atoms with van der Waals surface area (Å²) in [6.45, 7) is 9.42. The highest BCUT2D eigenvalue weighted by Gasteiger charge is 2.33. The highest BCUT2D eigenvalue weighted by Crippen LogP contribution is 2.40. The Morgan fingerprint density at radius 2 is 1.15 bits per heavy atom. The molecule has 0 nitrogen and oxygen atoms in total. The van der Waals surface area contributed by atoms with Gasteiger partial charge in [0.15, 0.2) is 0 Å². The van der Waals surface area contributed by atoms with Gasteiger partial charge in [0, 0.05) is 0 Å². The smallest absolute Gasteiger partial charge is 0.00696 e. The lowest BCUT2D eigenvalue weighted by molar-refractivity contribution is 0.317. The van der Waals surface area contributed by atoms with Crippen LogP contribution in [0.4, 0.5) is 0 Å². The van der Waals surface area contributed by atoms with Crippen LogP contribution in [0.2, 0.25) is 0 Å². The number of hydrogen-bond donors (Lipinski definition) is 0. The van der Waals surface area contributed by atoms with Crippen molar-refractivity contribution in [2.75, 3.05) is 0 Å². The van der Waals surface area contributed by atoms with Gasteiger partial charge >= 0.3 is 0 Å². The van der Waals surface area contributed by atoms with Gasteiger partial charge in [0.1, 0.15) is 0 Å². The minimum atomic E-state index is 0.182. The Balaban J connectivity index is 2.30. The summed E-state index contributed by atoms with van der Waals surface area (Å²) in [5, 5.41) is 0. The molecule has 0 heterocycles. The average Bonchev–Trinajstić information content (AvgIpc) is 2.48. The Morgan fingerprint density at radius 3 is 1.60 bits per heavy atom. The molecule has 0 saturated heterocycles. The topological polar surface area (TPSA) is 0 Å². The molecule has 0 aliphatic heterocycles. The highest BCUT2D eigenvalue weighted by atomic mass is 14.4. The molecule has 0 bridgehead atoms. The maximum absolute atomic E-state index is 2.40. The molecule has 20 heavy (non-hydrogen) atoms. The summed E-state index contributed by atoms with van der Waals surface area (Å²) in [6, 6.07) is 21.8. The molecule has 0 fully saturated rings. The van der Waals surface area contributed by atoms with Crippen LogP contribution in [-0.4, -0.2) is 0 Å². The number of hydrogen-bond acceptors (Lipinski definition) is 0. The lowest BCUT2D eigenvalue weighted by Crippen LogP contribution is -2.31. The molecule has 0 aromatic heterocycles. The Kier molecular flexibility index (Phi) is 4.32. The van der Waals surface area contributed by atoms with Crippen LogP contribution in [0.15, 0.2) is 60.7 Å². The number of benzene rings is 2. The molecule has 1 unspecified atom stereocenters. The summed E-state index contributed by atoms with van der Waals surface area (Å²) in [4.78, 5) is 0. The van der Waals surface area contributed by atoms with E-state index in [4.69, 9.17) is 0 Å². The normalized spacial score (nSPS) is 14.8. The van der Waals surface area contributed by atoms with E-state index >= 15 is 0 Å². The fraction of sp³-hybridized carbons (Fsp3) is 0.400. The maximum Gasteiger partial charge on any atom is -0.00696 e. The van der Waals surface area contributed by atoms with Crippen molar-refractivity contribution >= 4 is 0 Å². The third-order valence-corrected chi connectivity index (χ3v) is 4.64. The molecular formula is C20H26. The molecule has 0 radical (unpaired) electrons. The molecule has 0 aliphatic carbocycles. The van der Waals surface area contributed by atoms with E-state index in [1.54, 1.807) is 0 Å². The van der Waals surface area contributed by atoms with Crippen molar-refractivity contribution in [3.63, 3.8) is 0 Å². The van der Waals surface area contributed by atoms with Gasteiger partial charge in [0.25, 0.3) is 0 Å². The molecule has 2 rings (SSSR count). The lowest BCUT2D eigenvalue weighted by atomic mass is 9.66. The second-order valence-corrected chi connectivity index (χ2v) is 6.71. The monoisotopic (exact) mass is 266 g/mol. The molecule has 0 aliphatic rings. The highest BCUT2D eigenvalue weighted by molar-refractivity contribution is 5.29. The van der Waals surface area contributed by atoms with Crippen molar-refractivity contribution in [1.29, 1.82) is 0 Å². The predicted octanol–water partition coefficient (Wildman–Crippen LogP) is 5.72. The van der Waals surface area contributed by atoms with Gasteiger partial charge in [-0.2, -0.15) is 0 Å². The van der Waals surface area contributed by atoms with Crippen molar-refractivity contribution in [2.24, 2.45) is 0 Å². The summed E-state index contributed by atoms with van der Waals surface area (Å²) in [5.74, 6) is 0. The van der Waals surface area contributed by atoms with E-state index in [2.05, 4.69) is 88.4 Å². The first-order valence-corrected chi connectivity index (χ1v) is 7.59. The summed E-state index contributed by atoms with van der Waals surface area (Å²) < 4.78 is 0. The maximum atomic E-state index is 2.40. The van der Waals surface area contributed by atoms with E-state index in [1.165, 1.54) is 11.1 Å². The SMILES string of the molecule is CCC(C)(CC(C)(C)c1ccccc1)c1ccccc1. The van der Waals surface area contributed by atoms with E-state index in [0.717, 1.165) is 12.8 Å². The van der Waals surface area contributed by atoms with E-state index in [1.807, 2.05) is 0 Å². The van der Waals surface area contributed by atoms with Crippen LogP contribution in [0.5, 0.6) is 0 Å². The Hall–Kier alpha value is -1.56. The Bertz CT molecular complexity index is 524. The van der Waals surface area contributed by atoms with Crippen LogP contribution in [0.1, 0.15) is 51.7 Å². The van der Waals surface area contributed by atoms with E-state index in [0.29, 0.717) is 0 Å². The quantitative estimate of drug-likeness (QED) is 0.649. The zero-order valence-corrected chi connectivity index (χ0v) is 13.2. The van der Waals surface area contributed by atoms with Crippen LogP contribution >= 0.6 is 0 Å². The Labute approximate surface area is 123 Å². The molecule has 2 aromatic rings. The second kappa shape index (κ2) is 5.83. The summed E-state index contributed by atoms with van der Waals surface area (Å²) in [6.07, 6.45) is 2.32. The van der Waals surface area contributed by atoms with Gasteiger partial charge in [-0.25, -0.2) is 0 Å². The minimum Gasteiger partial charge on any atom is -0.0645 e. The number of rotatable bonds is 5. The van der Waals surface area contributed by atoms with Gasteiger partial charge in [-0.3, -0.25) is 0 Å². The molecular weight excluding hydrogens is 240 g/mol. The molecule has 106 valence electrons. The predicted molar refractivity (Wildman–Crippen MR) is 88.2 cm³/mol. The first kappa shape index (κ1) is 14.8. The van der Waals surface area contributed by atoms with Gasteiger partial charge in [-0.05, 0) is 34.8 Å². The third kappa shape index (κ3) is 3.12. The first-order valence-electron chi connectivity index (χ1n) is 7.59. The van der Waals surface area contributed by atoms with Gasteiger partial charge in [-0.1, -0.05) is 88.4 Å². The Morgan fingerprint density at radius 1 is 0.700 bits per heavy atom. The third-order valence-electron chi connectivity index (χ3n) is 4.64. The summed E-state index contributed by atoms with van der Waals surface area (Å²) in [5.41, 5.74) is 3.28. The van der Waals surface area contributed by atoms with Crippen LogP contribution < -0.4 is 0 Å².